The second kappa shape index (κ2) is 6.63. The van der Waals surface area contributed by atoms with Gasteiger partial charge in [-0.25, -0.2) is 9.78 Å². The molecule has 2 aromatic heterocycles. The summed E-state index contributed by atoms with van der Waals surface area (Å²) in [7, 11) is -0.469. The van der Waals surface area contributed by atoms with Crippen LogP contribution in [-0.2, 0) is 9.31 Å². The van der Waals surface area contributed by atoms with Gasteiger partial charge in [-0.3, -0.25) is 0 Å². The molecule has 29 heavy (non-hydrogen) atoms. The van der Waals surface area contributed by atoms with Gasteiger partial charge in [-0.1, -0.05) is 13.8 Å². The molecule has 0 atom stereocenters. The molecule has 0 radical (unpaired) electrons. The smallest absolute Gasteiger partial charge is 0.465 e. The van der Waals surface area contributed by atoms with Crippen LogP contribution in [0.15, 0.2) is 12.1 Å². The highest BCUT2D eigenvalue weighted by Gasteiger charge is 2.53. The van der Waals surface area contributed by atoms with Crippen LogP contribution in [0.5, 0.6) is 0 Å². The molecule has 9 heteroatoms. The fraction of sp³-hybridized carbons (Fsp3) is 0.600. The highest BCUT2D eigenvalue weighted by molar-refractivity contribution is 6.62. The summed E-state index contributed by atoms with van der Waals surface area (Å²) in [5.41, 5.74) is 3.06. The number of H-pyrrole nitrogens is 1. The van der Waals surface area contributed by atoms with Crippen LogP contribution in [-0.4, -0.2) is 58.6 Å². The maximum Gasteiger partial charge on any atom is 0.512 e. The fourth-order valence-electron chi connectivity index (χ4n) is 3.93. The monoisotopic (exact) mass is 400 g/mol. The molecule has 0 unspecified atom stereocenters. The van der Waals surface area contributed by atoms with Crippen LogP contribution in [0.25, 0.3) is 11.0 Å². The number of aromatic nitrogens is 2. The zero-order valence-corrected chi connectivity index (χ0v) is 17.9. The zero-order chi connectivity index (χ0) is 21.1. The van der Waals surface area contributed by atoms with Gasteiger partial charge in [0.25, 0.3) is 0 Å². The largest absolute Gasteiger partial charge is 0.512 e. The van der Waals surface area contributed by atoms with E-state index in [1.54, 1.807) is 0 Å². The number of rotatable bonds is 4. The lowest BCUT2D eigenvalue weighted by molar-refractivity contribution is 0.00578. The molecule has 3 N–H and O–H groups in total. The van der Waals surface area contributed by atoms with Gasteiger partial charge in [-0.05, 0) is 51.3 Å². The summed E-state index contributed by atoms with van der Waals surface area (Å²) >= 11 is 0. The first-order valence-corrected chi connectivity index (χ1v) is 10.1. The number of anilines is 1. The first kappa shape index (κ1) is 20.0. The predicted octanol–water partition coefficient (Wildman–Crippen LogP) is 2.44. The standard InChI is InChI=1S/C20H29BN4O4/c1-11(2)15-16-13(23-17(15)21-28-19(3,4)20(5,6)29-21)7-8-14(24-16)25-9-12(10-25)22-18(26)27/h7-8,11-12,22-23H,9-10H2,1-6H3,(H,26,27). The van der Waals surface area contributed by atoms with Crippen molar-refractivity contribution in [2.24, 2.45) is 0 Å². The first-order chi connectivity index (χ1) is 13.5. The van der Waals surface area contributed by atoms with Crippen LogP contribution >= 0.6 is 0 Å². The quantitative estimate of drug-likeness (QED) is 0.682. The Morgan fingerprint density at radius 1 is 1.28 bits per heavy atom. The number of hydrogen-bond acceptors (Lipinski definition) is 5. The van der Waals surface area contributed by atoms with Gasteiger partial charge in [-0.15, -0.1) is 0 Å². The van der Waals surface area contributed by atoms with Crippen molar-refractivity contribution in [3.05, 3.63) is 17.7 Å². The van der Waals surface area contributed by atoms with Crippen LogP contribution in [0.3, 0.4) is 0 Å². The molecule has 2 aliphatic heterocycles. The average molecular weight is 400 g/mol. The summed E-state index contributed by atoms with van der Waals surface area (Å²) in [6, 6.07) is 3.94. The van der Waals surface area contributed by atoms with Gasteiger partial charge in [-0.2, -0.15) is 0 Å². The van der Waals surface area contributed by atoms with Crippen LogP contribution in [0.1, 0.15) is 53.0 Å². The predicted molar refractivity (Wildman–Crippen MR) is 113 cm³/mol. The molecule has 2 saturated heterocycles. The van der Waals surface area contributed by atoms with Crippen LogP contribution in [0.2, 0.25) is 0 Å². The second-order valence-electron chi connectivity index (χ2n) is 9.31. The molecule has 2 aromatic rings. The van der Waals surface area contributed by atoms with E-state index in [-0.39, 0.29) is 12.0 Å². The lowest BCUT2D eigenvalue weighted by atomic mass is 9.79. The number of carbonyl (C=O) groups is 1. The highest BCUT2D eigenvalue weighted by atomic mass is 16.7. The molecule has 4 rings (SSSR count). The number of nitrogens with one attached hydrogen (secondary N) is 2. The normalized spacial score (nSPS) is 21.1. The van der Waals surface area contributed by atoms with E-state index < -0.39 is 24.4 Å². The minimum atomic E-state index is -0.988. The van der Waals surface area contributed by atoms with Crippen molar-refractivity contribution in [3.8, 4) is 0 Å². The van der Waals surface area contributed by atoms with Gasteiger partial charge >= 0.3 is 13.2 Å². The van der Waals surface area contributed by atoms with Crippen LogP contribution in [0, 0.1) is 0 Å². The van der Waals surface area contributed by atoms with E-state index in [9.17, 15) is 4.79 Å². The molecule has 2 aliphatic rings. The van der Waals surface area contributed by atoms with E-state index in [0.29, 0.717) is 13.1 Å². The van der Waals surface area contributed by atoms with Crippen molar-refractivity contribution >= 4 is 35.7 Å². The summed E-state index contributed by atoms with van der Waals surface area (Å²) in [5, 5.41) is 11.4. The SMILES string of the molecule is CC(C)c1c(B2OC(C)(C)C(C)(C)O2)[nH]c2ccc(N3CC(NC(=O)O)C3)nc12. The highest BCUT2D eigenvalue weighted by Crippen LogP contribution is 2.38. The Bertz CT molecular complexity index is 933. The van der Waals surface area contributed by atoms with Crippen molar-refractivity contribution in [2.45, 2.75) is 64.7 Å². The van der Waals surface area contributed by atoms with E-state index in [1.165, 1.54) is 0 Å². The third-order valence-corrected chi connectivity index (χ3v) is 6.29. The van der Waals surface area contributed by atoms with Crippen molar-refractivity contribution in [1.82, 2.24) is 15.3 Å². The Hall–Kier alpha value is -2.26. The summed E-state index contributed by atoms with van der Waals surface area (Å²) in [6.07, 6.45) is -0.988. The van der Waals surface area contributed by atoms with Crippen molar-refractivity contribution in [2.75, 3.05) is 18.0 Å². The number of nitrogens with zero attached hydrogens (tertiary/aromatic N) is 2. The van der Waals surface area contributed by atoms with Crippen LogP contribution < -0.4 is 15.8 Å². The maximum atomic E-state index is 10.8. The number of fused-ring (bicyclic) bond motifs is 1. The van der Waals surface area contributed by atoms with E-state index in [1.807, 2.05) is 39.8 Å². The summed E-state index contributed by atoms with van der Waals surface area (Å²) in [6.45, 7) is 13.7. The molecule has 0 aromatic carbocycles. The number of carboxylic acid groups (broad SMARTS) is 1. The van der Waals surface area contributed by atoms with Crippen molar-refractivity contribution in [1.29, 1.82) is 0 Å². The average Bonchev–Trinajstić information content (AvgIpc) is 3.04. The van der Waals surface area contributed by atoms with Gasteiger partial charge in [0, 0.05) is 13.1 Å². The molecule has 8 nitrogen and oxygen atoms in total. The fourth-order valence-corrected chi connectivity index (χ4v) is 3.93. The number of hydrogen-bond donors (Lipinski definition) is 3. The van der Waals surface area contributed by atoms with Gasteiger partial charge in [0.1, 0.15) is 5.82 Å². The molecule has 0 spiro atoms. The van der Waals surface area contributed by atoms with Crippen molar-refractivity contribution < 1.29 is 19.2 Å². The summed E-state index contributed by atoms with van der Waals surface area (Å²) < 4.78 is 12.6. The van der Waals surface area contributed by atoms with Crippen LogP contribution in [0.4, 0.5) is 10.6 Å². The molecule has 2 fully saturated rings. The minimum absolute atomic E-state index is 0.0545. The van der Waals surface area contributed by atoms with Gasteiger partial charge in [0.05, 0.1) is 33.9 Å². The summed E-state index contributed by atoms with van der Waals surface area (Å²) in [4.78, 5) is 21.2. The number of pyridine rings is 1. The Morgan fingerprint density at radius 3 is 2.45 bits per heavy atom. The van der Waals surface area contributed by atoms with E-state index in [2.05, 4.69) is 29.0 Å². The van der Waals surface area contributed by atoms with E-state index in [0.717, 1.165) is 28.0 Å². The zero-order valence-electron chi connectivity index (χ0n) is 17.9. The van der Waals surface area contributed by atoms with Crippen molar-refractivity contribution in [3.63, 3.8) is 0 Å². The molecule has 156 valence electrons. The van der Waals surface area contributed by atoms with E-state index >= 15 is 0 Å². The third-order valence-electron chi connectivity index (χ3n) is 6.29. The Balaban J connectivity index is 1.66. The molecule has 4 heterocycles. The van der Waals surface area contributed by atoms with E-state index in [4.69, 9.17) is 19.4 Å². The molecule has 0 bridgehead atoms. The maximum absolute atomic E-state index is 10.8. The second-order valence-corrected chi connectivity index (χ2v) is 9.31. The topological polar surface area (TPSA) is 99.7 Å². The lowest BCUT2D eigenvalue weighted by Gasteiger charge is -2.39. The number of amides is 1. The van der Waals surface area contributed by atoms with Gasteiger partial charge in [0.2, 0.25) is 0 Å². The lowest BCUT2D eigenvalue weighted by Crippen LogP contribution is -2.59. The molecule has 0 aliphatic carbocycles. The molecular formula is C20H29BN4O4. The minimum Gasteiger partial charge on any atom is -0.465 e. The third kappa shape index (κ3) is 3.36. The summed E-state index contributed by atoms with van der Waals surface area (Å²) in [5.74, 6) is 1.08. The van der Waals surface area contributed by atoms with Gasteiger partial charge in [0.15, 0.2) is 0 Å². The van der Waals surface area contributed by atoms with Gasteiger partial charge < -0.3 is 29.6 Å². The molecular weight excluding hydrogens is 371 g/mol. The molecule has 0 saturated carbocycles. The first-order valence-electron chi connectivity index (χ1n) is 10.1. The molecule has 1 amide bonds. The Morgan fingerprint density at radius 2 is 1.90 bits per heavy atom. The number of aromatic amines is 1. The Kier molecular flexibility index (Phi) is 4.58. The Labute approximate surface area is 171 Å².